The SMILES string of the molecule is CCCOCCCNS(=O)(=O)c1cc(Br)cc(N)c1C. The van der Waals surface area contributed by atoms with Gasteiger partial charge in [-0.05, 0) is 37.5 Å². The largest absolute Gasteiger partial charge is 0.398 e. The van der Waals surface area contributed by atoms with Crippen molar-refractivity contribution in [2.75, 3.05) is 25.5 Å². The van der Waals surface area contributed by atoms with E-state index in [1.165, 1.54) is 0 Å². The summed E-state index contributed by atoms with van der Waals surface area (Å²) in [5, 5.41) is 0. The van der Waals surface area contributed by atoms with Gasteiger partial charge in [-0.2, -0.15) is 0 Å². The molecule has 0 atom stereocenters. The third-order valence-corrected chi connectivity index (χ3v) is 4.81. The number of nitrogen functional groups attached to an aromatic ring is 1. The molecule has 3 N–H and O–H groups in total. The first-order chi connectivity index (χ1) is 9.38. The molecule has 0 saturated carbocycles. The second-order valence-electron chi connectivity index (χ2n) is 4.48. The highest BCUT2D eigenvalue weighted by atomic mass is 79.9. The number of hydrogen-bond acceptors (Lipinski definition) is 4. The van der Waals surface area contributed by atoms with Crippen LogP contribution in [-0.4, -0.2) is 28.2 Å². The second-order valence-corrected chi connectivity index (χ2v) is 7.13. The average molecular weight is 365 g/mol. The van der Waals surface area contributed by atoms with Gasteiger partial charge in [0.25, 0.3) is 0 Å². The molecule has 0 spiro atoms. The molecule has 0 aromatic heterocycles. The summed E-state index contributed by atoms with van der Waals surface area (Å²) >= 11 is 3.26. The maximum Gasteiger partial charge on any atom is 0.240 e. The molecular formula is C13H21BrN2O3S. The van der Waals surface area contributed by atoms with Gasteiger partial charge in [-0.15, -0.1) is 0 Å². The number of sulfonamides is 1. The highest BCUT2D eigenvalue weighted by Gasteiger charge is 2.18. The number of nitrogens with one attached hydrogen (secondary N) is 1. The first-order valence-corrected chi connectivity index (χ1v) is 8.79. The number of anilines is 1. The van der Waals surface area contributed by atoms with Gasteiger partial charge < -0.3 is 10.5 Å². The topological polar surface area (TPSA) is 81.4 Å². The Labute approximate surface area is 129 Å². The molecule has 1 aromatic rings. The Bertz CT molecular complexity index is 547. The summed E-state index contributed by atoms with van der Waals surface area (Å²) in [7, 11) is -3.54. The number of rotatable bonds is 8. The van der Waals surface area contributed by atoms with Gasteiger partial charge in [0, 0.05) is 29.9 Å². The maximum atomic E-state index is 12.2. The molecular weight excluding hydrogens is 344 g/mol. The van der Waals surface area contributed by atoms with Crippen LogP contribution in [0.15, 0.2) is 21.5 Å². The highest BCUT2D eigenvalue weighted by Crippen LogP contribution is 2.26. The summed E-state index contributed by atoms with van der Waals surface area (Å²) in [6, 6.07) is 3.24. The van der Waals surface area contributed by atoms with Crippen LogP contribution in [-0.2, 0) is 14.8 Å². The van der Waals surface area contributed by atoms with Crippen LogP contribution < -0.4 is 10.5 Å². The Morgan fingerprint density at radius 1 is 1.35 bits per heavy atom. The zero-order valence-electron chi connectivity index (χ0n) is 11.8. The first-order valence-electron chi connectivity index (χ1n) is 6.51. The quantitative estimate of drug-likeness (QED) is 0.548. The lowest BCUT2D eigenvalue weighted by Crippen LogP contribution is -2.26. The van der Waals surface area contributed by atoms with Crippen molar-refractivity contribution in [2.24, 2.45) is 0 Å². The average Bonchev–Trinajstić information content (AvgIpc) is 2.37. The van der Waals surface area contributed by atoms with Crippen LogP contribution in [0.4, 0.5) is 5.69 Å². The van der Waals surface area contributed by atoms with Crippen molar-refractivity contribution in [1.82, 2.24) is 4.72 Å². The van der Waals surface area contributed by atoms with Gasteiger partial charge in [0.1, 0.15) is 0 Å². The van der Waals surface area contributed by atoms with E-state index in [4.69, 9.17) is 10.5 Å². The number of ether oxygens (including phenoxy) is 1. The molecule has 0 fully saturated rings. The van der Waals surface area contributed by atoms with Gasteiger partial charge in [-0.3, -0.25) is 0 Å². The summed E-state index contributed by atoms with van der Waals surface area (Å²) in [6.07, 6.45) is 1.60. The first kappa shape index (κ1) is 17.4. The molecule has 20 heavy (non-hydrogen) atoms. The fraction of sp³-hybridized carbons (Fsp3) is 0.538. The molecule has 7 heteroatoms. The molecule has 0 aliphatic heterocycles. The lowest BCUT2D eigenvalue weighted by molar-refractivity contribution is 0.133. The molecule has 1 rings (SSSR count). The van der Waals surface area contributed by atoms with Gasteiger partial charge in [0.05, 0.1) is 4.90 Å². The van der Waals surface area contributed by atoms with Crippen molar-refractivity contribution >= 4 is 31.6 Å². The minimum absolute atomic E-state index is 0.207. The van der Waals surface area contributed by atoms with Gasteiger partial charge in [0.2, 0.25) is 10.0 Å². The van der Waals surface area contributed by atoms with E-state index in [0.29, 0.717) is 41.9 Å². The summed E-state index contributed by atoms with van der Waals surface area (Å²) in [5.74, 6) is 0. The van der Waals surface area contributed by atoms with E-state index in [9.17, 15) is 8.42 Å². The van der Waals surface area contributed by atoms with Crippen molar-refractivity contribution in [1.29, 1.82) is 0 Å². The Morgan fingerprint density at radius 2 is 2.05 bits per heavy atom. The number of benzene rings is 1. The van der Waals surface area contributed by atoms with Crippen LogP contribution in [0, 0.1) is 6.92 Å². The molecule has 0 amide bonds. The smallest absolute Gasteiger partial charge is 0.240 e. The molecule has 0 aliphatic carbocycles. The Morgan fingerprint density at radius 3 is 2.70 bits per heavy atom. The molecule has 1 aromatic carbocycles. The Hall–Kier alpha value is -0.630. The molecule has 0 unspecified atom stereocenters. The highest BCUT2D eigenvalue weighted by molar-refractivity contribution is 9.10. The van der Waals surface area contributed by atoms with Crippen molar-refractivity contribution in [3.8, 4) is 0 Å². The van der Waals surface area contributed by atoms with Crippen LogP contribution in [0.2, 0.25) is 0 Å². The van der Waals surface area contributed by atoms with Crippen LogP contribution >= 0.6 is 15.9 Å². The van der Waals surface area contributed by atoms with Gasteiger partial charge in [-0.1, -0.05) is 22.9 Å². The lowest BCUT2D eigenvalue weighted by Gasteiger charge is -2.11. The predicted octanol–water partition coefficient (Wildman–Crippen LogP) is 2.43. The third kappa shape index (κ3) is 5.05. The maximum absolute atomic E-state index is 12.2. The monoisotopic (exact) mass is 364 g/mol. The van der Waals surface area contributed by atoms with E-state index in [2.05, 4.69) is 20.7 Å². The fourth-order valence-corrected chi connectivity index (χ4v) is 3.66. The van der Waals surface area contributed by atoms with Crippen LogP contribution in [0.1, 0.15) is 25.3 Å². The molecule has 0 bridgehead atoms. The Balaban J connectivity index is 2.65. The third-order valence-electron chi connectivity index (χ3n) is 2.76. The molecule has 0 aliphatic rings. The number of nitrogens with two attached hydrogens (primary N) is 1. The van der Waals surface area contributed by atoms with E-state index in [1.807, 2.05) is 6.92 Å². The van der Waals surface area contributed by atoms with Crippen LogP contribution in [0.3, 0.4) is 0 Å². The van der Waals surface area contributed by atoms with Crippen LogP contribution in [0.5, 0.6) is 0 Å². The zero-order chi connectivity index (χ0) is 15.2. The summed E-state index contributed by atoms with van der Waals surface area (Å²) < 4.78 is 32.9. The van der Waals surface area contributed by atoms with Gasteiger partial charge in [0.15, 0.2) is 0 Å². The summed E-state index contributed by atoms with van der Waals surface area (Å²) in [5.41, 5.74) is 6.79. The minimum Gasteiger partial charge on any atom is -0.398 e. The fourth-order valence-electron chi connectivity index (χ4n) is 1.66. The lowest BCUT2D eigenvalue weighted by atomic mass is 10.2. The van der Waals surface area contributed by atoms with Gasteiger partial charge >= 0.3 is 0 Å². The molecule has 0 saturated heterocycles. The number of halogens is 1. The Kier molecular flexibility index (Phi) is 6.94. The van der Waals surface area contributed by atoms with Crippen molar-refractivity contribution < 1.29 is 13.2 Å². The minimum atomic E-state index is -3.54. The van der Waals surface area contributed by atoms with E-state index in [-0.39, 0.29) is 4.90 Å². The van der Waals surface area contributed by atoms with E-state index < -0.39 is 10.0 Å². The summed E-state index contributed by atoms with van der Waals surface area (Å²) in [4.78, 5) is 0.207. The predicted molar refractivity (Wildman–Crippen MR) is 84.2 cm³/mol. The summed E-state index contributed by atoms with van der Waals surface area (Å²) in [6.45, 7) is 5.33. The van der Waals surface area contributed by atoms with E-state index in [1.54, 1.807) is 19.1 Å². The molecule has 114 valence electrons. The van der Waals surface area contributed by atoms with Crippen molar-refractivity contribution in [2.45, 2.75) is 31.6 Å². The normalized spacial score (nSPS) is 11.8. The van der Waals surface area contributed by atoms with E-state index in [0.717, 1.165) is 6.42 Å². The number of hydrogen-bond donors (Lipinski definition) is 2. The standard InChI is InChI=1S/C13H21BrN2O3S/c1-3-6-19-7-4-5-16-20(17,18)13-9-11(14)8-12(15)10(13)2/h8-9,16H,3-7,15H2,1-2H3. The van der Waals surface area contributed by atoms with Crippen molar-refractivity contribution in [3.05, 3.63) is 22.2 Å². The molecule has 5 nitrogen and oxygen atoms in total. The molecule has 0 heterocycles. The zero-order valence-corrected chi connectivity index (χ0v) is 14.2. The van der Waals surface area contributed by atoms with E-state index >= 15 is 0 Å². The van der Waals surface area contributed by atoms with Crippen LogP contribution in [0.25, 0.3) is 0 Å². The van der Waals surface area contributed by atoms with Crippen molar-refractivity contribution in [3.63, 3.8) is 0 Å². The molecule has 0 radical (unpaired) electrons. The van der Waals surface area contributed by atoms with Gasteiger partial charge in [-0.25, -0.2) is 13.1 Å². The second kappa shape index (κ2) is 7.97.